The summed E-state index contributed by atoms with van der Waals surface area (Å²) in [5.74, 6) is -0.306. The molecule has 2 aliphatic heterocycles. The van der Waals surface area contributed by atoms with Crippen molar-refractivity contribution < 1.29 is 26.6 Å². The lowest BCUT2D eigenvalue weighted by molar-refractivity contribution is -0.128. The zero-order valence-corrected chi connectivity index (χ0v) is 14.4. The van der Waals surface area contributed by atoms with Gasteiger partial charge in [0, 0.05) is 32.6 Å². The SMILES string of the molecule is CC(C)(C)OC(=O)N1CCC(CN2CC(S(=O)(=O)F)CC2=O)C1. The second-order valence-electron chi connectivity index (χ2n) is 7.18. The maximum Gasteiger partial charge on any atom is 0.410 e. The van der Waals surface area contributed by atoms with Gasteiger partial charge in [-0.3, -0.25) is 4.79 Å². The van der Waals surface area contributed by atoms with E-state index < -0.39 is 27.2 Å². The van der Waals surface area contributed by atoms with Gasteiger partial charge in [-0.2, -0.15) is 8.42 Å². The van der Waals surface area contributed by atoms with E-state index in [-0.39, 0.29) is 24.8 Å². The molecule has 9 heteroatoms. The first-order chi connectivity index (χ1) is 10.5. The lowest BCUT2D eigenvalue weighted by Gasteiger charge is -2.25. The highest BCUT2D eigenvalue weighted by Gasteiger charge is 2.40. The number of carbonyl (C=O) groups is 2. The van der Waals surface area contributed by atoms with Gasteiger partial charge in [-0.25, -0.2) is 4.79 Å². The molecule has 7 nitrogen and oxygen atoms in total. The predicted octanol–water partition coefficient (Wildman–Crippen LogP) is 1.14. The number of rotatable bonds is 3. The van der Waals surface area contributed by atoms with Crippen molar-refractivity contribution in [3.05, 3.63) is 0 Å². The van der Waals surface area contributed by atoms with Gasteiger partial charge >= 0.3 is 16.3 Å². The molecule has 2 unspecified atom stereocenters. The molecule has 2 aliphatic rings. The van der Waals surface area contributed by atoms with Crippen molar-refractivity contribution >= 4 is 22.2 Å². The first-order valence-corrected chi connectivity index (χ1v) is 9.09. The van der Waals surface area contributed by atoms with Gasteiger partial charge in [-0.1, -0.05) is 0 Å². The summed E-state index contributed by atoms with van der Waals surface area (Å²) in [6, 6.07) is 0. The molecule has 0 aromatic heterocycles. The van der Waals surface area contributed by atoms with Crippen LogP contribution >= 0.6 is 0 Å². The number of carbonyl (C=O) groups excluding carboxylic acids is 2. The fourth-order valence-corrected chi connectivity index (χ4v) is 3.59. The van der Waals surface area contributed by atoms with Crippen LogP contribution in [0.5, 0.6) is 0 Å². The van der Waals surface area contributed by atoms with Crippen LogP contribution in [0.1, 0.15) is 33.6 Å². The minimum absolute atomic E-state index is 0.0486. The third kappa shape index (κ3) is 4.79. The van der Waals surface area contributed by atoms with Gasteiger partial charge in [0.1, 0.15) is 10.9 Å². The highest BCUT2D eigenvalue weighted by Crippen LogP contribution is 2.25. The molecule has 2 atom stereocenters. The van der Waals surface area contributed by atoms with E-state index in [1.807, 2.05) is 0 Å². The summed E-state index contributed by atoms with van der Waals surface area (Å²) in [5.41, 5.74) is -0.567. The highest BCUT2D eigenvalue weighted by molar-refractivity contribution is 7.87. The number of halogens is 1. The van der Waals surface area contributed by atoms with Crippen LogP contribution in [0.15, 0.2) is 0 Å². The van der Waals surface area contributed by atoms with Crippen molar-refractivity contribution in [1.29, 1.82) is 0 Å². The average molecular weight is 350 g/mol. The summed E-state index contributed by atoms with van der Waals surface area (Å²) in [7, 11) is -4.69. The Morgan fingerprint density at radius 2 is 2.00 bits per heavy atom. The Kier molecular flexibility index (Phi) is 4.89. The summed E-state index contributed by atoms with van der Waals surface area (Å²) >= 11 is 0. The van der Waals surface area contributed by atoms with Gasteiger partial charge in [-0.05, 0) is 33.1 Å². The van der Waals surface area contributed by atoms with Crippen LogP contribution in [0.4, 0.5) is 8.68 Å². The van der Waals surface area contributed by atoms with Crippen LogP contribution < -0.4 is 0 Å². The number of likely N-dealkylation sites (tertiary alicyclic amines) is 2. The molecule has 0 aromatic rings. The molecule has 2 heterocycles. The van der Waals surface area contributed by atoms with Crippen LogP contribution in [-0.2, 0) is 19.8 Å². The normalized spacial score (nSPS) is 26.0. The summed E-state index contributed by atoms with van der Waals surface area (Å²) in [5, 5.41) is -1.27. The van der Waals surface area contributed by atoms with Crippen molar-refractivity contribution in [3.63, 3.8) is 0 Å². The Labute approximate surface area is 136 Å². The van der Waals surface area contributed by atoms with Crippen molar-refractivity contribution in [2.24, 2.45) is 5.92 Å². The van der Waals surface area contributed by atoms with Crippen LogP contribution in [0.3, 0.4) is 0 Å². The van der Waals surface area contributed by atoms with E-state index in [0.717, 1.165) is 0 Å². The van der Waals surface area contributed by atoms with E-state index in [1.54, 1.807) is 25.7 Å². The monoisotopic (exact) mass is 350 g/mol. The van der Waals surface area contributed by atoms with Gasteiger partial charge in [-0.15, -0.1) is 3.89 Å². The Bertz CT molecular complexity index is 586. The highest BCUT2D eigenvalue weighted by atomic mass is 32.3. The quantitative estimate of drug-likeness (QED) is 0.713. The predicted molar refractivity (Wildman–Crippen MR) is 80.9 cm³/mol. The fraction of sp³-hybridized carbons (Fsp3) is 0.857. The number of nitrogens with zero attached hydrogens (tertiary/aromatic N) is 2. The molecular formula is C14H23FN2O5S. The molecule has 2 saturated heterocycles. The lowest BCUT2D eigenvalue weighted by Crippen LogP contribution is -2.37. The zero-order chi connectivity index (χ0) is 17.4. The lowest BCUT2D eigenvalue weighted by atomic mass is 10.1. The molecule has 23 heavy (non-hydrogen) atoms. The molecule has 0 bridgehead atoms. The number of ether oxygens (including phenoxy) is 1. The van der Waals surface area contributed by atoms with Gasteiger partial charge in [0.05, 0.1) is 0 Å². The fourth-order valence-electron chi connectivity index (χ4n) is 2.89. The Balaban J connectivity index is 1.86. The first-order valence-electron chi connectivity index (χ1n) is 7.65. The number of hydrogen-bond donors (Lipinski definition) is 0. The van der Waals surface area contributed by atoms with E-state index >= 15 is 0 Å². The first kappa shape index (κ1) is 18.0. The average Bonchev–Trinajstić information content (AvgIpc) is 2.95. The smallest absolute Gasteiger partial charge is 0.410 e. The number of amides is 2. The van der Waals surface area contributed by atoms with Crippen molar-refractivity contribution in [2.75, 3.05) is 26.2 Å². The van der Waals surface area contributed by atoms with Crippen molar-refractivity contribution in [3.8, 4) is 0 Å². The van der Waals surface area contributed by atoms with E-state index in [4.69, 9.17) is 4.74 Å². The topological polar surface area (TPSA) is 84.0 Å². The van der Waals surface area contributed by atoms with Crippen LogP contribution in [0.2, 0.25) is 0 Å². The zero-order valence-electron chi connectivity index (χ0n) is 13.6. The minimum Gasteiger partial charge on any atom is -0.444 e. The Morgan fingerprint density at radius 3 is 2.52 bits per heavy atom. The van der Waals surface area contributed by atoms with E-state index in [9.17, 15) is 21.9 Å². The maximum atomic E-state index is 13.0. The van der Waals surface area contributed by atoms with Crippen LogP contribution in [-0.4, -0.2) is 67.2 Å². The van der Waals surface area contributed by atoms with Gasteiger partial charge < -0.3 is 14.5 Å². The second-order valence-corrected chi connectivity index (χ2v) is 8.80. The van der Waals surface area contributed by atoms with E-state index in [2.05, 4.69) is 0 Å². The largest absolute Gasteiger partial charge is 0.444 e. The minimum atomic E-state index is -4.69. The third-order valence-electron chi connectivity index (χ3n) is 3.99. The molecule has 2 rings (SSSR count). The summed E-state index contributed by atoms with van der Waals surface area (Å²) in [6.45, 7) is 6.58. The van der Waals surface area contributed by atoms with E-state index in [1.165, 1.54) is 4.90 Å². The molecule has 0 N–H and O–H groups in total. The Morgan fingerprint density at radius 1 is 1.35 bits per heavy atom. The second kappa shape index (κ2) is 6.26. The molecule has 0 radical (unpaired) electrons. The third-order valence-corrected chi connectivity index (χ3v) is 5.11. The molecule has 0 saturated carbocycles. The molecule has 0 aliphatic carbocycles. The van der Waals surface area contributed by atoms with E-state index in [0.29, 0.717) is 26.1 Å². The molecule has 0 aromatic carbocycles. The van der Waals surface area contributed by atoms with Gasteiger partial charge in [0.15, 0.2) is 0 Å². The standard InChI is InChI=1S/C14H23FN2O5S/c1-14(2,3)22-13(19)16-5-4-10(7-16)8-17-9-11(6-12(17)18)23(15,20)21/h10-11H,4-9H2,1-3H3. The van der Waals surface area contributed by atoms with Crippen LogP contribution in [0.25, 0.3) is 0 Å². The van der Waals surface area contributed by atoms with Crippen molar-refractivity contribution in [1.82, 2.24) is 9.80 Å². The van der Waals surface area contributed by atoms with Crippen molar-refractivity contribution in [2.45, 2.75) is 44.5 Å². The molecule has 132 valence electrons. The summed E-state index contributed by atoms with van der Waals surface area (Å²) in [6.07, 6.45) is 0.00849. The van der Waals surface area contributed by atoms with Crippen LogP contribution in [0, 0.1) is 5.92 Å². The van der Waals surface area contributed by atoms with Gasteiger partial charge in [0.25, 0.3) is 0 Å². The molecule has 2 amide bonds. The molecule has 2 fully saturated rings. The molecule has 0 spiro atoms. The number of hydrogen-bond acceptors (Lipinski definition) is 5. The molecular weight excluding hydrogens is 327 g/mol. The maximum absolute atomic E-state index is 13.0. The summed E-state index contributed by atoms with van der Waals surface area (Å²) < 4.78 is 40.1. The van der Waals surface area contributed by atoms with Gasteiger partial charge in [0.2, 0.25) is 5.91 Å². The Hall–Kier alpha value is -1.38. The summed E-state index contributed by atoms with van der Waals surface area (Å²) in [4.78, 5) is 26.8.